The summed E-state index contributed by atoms with van der Waals surface area (Å²) >= 11 is 5.93. The maximum Gasteiger partial charge on any atom is 0.410 e. The van der Waals surface area contributed by atoms with Crippen molar-refractivity contribution in [1.82, 2.24) is 9.80 Å². The Morgan fingerprint density at radius 2 is 1.92 bits per heavy atom. The van der Waals surface area contributed by atoms with Crippen LogP contribution in [0.1, 0.15) is 46.1 Å². The summed E-state index contributed by atoms with van der Waals surface area (Å²) in [6.45, 7) is 9.77. The third-order valence-electron chi connectivity index (χ3n) is 4.40. The first-order valence-corrected chi connectivity index (χ1v) is 9.58. The predicted octanol–water partition coefficient (Wildman–Crippen LogP) is 4.34. The molecule has 1 aliphatic heterocycles. The van der Waals surface area contributed by atoms with E-state index in [0.717, 1.165) is 18.4 Å². The number of likely N-dealkylation sites (tertiary alicyclic amines) is 1. The second-order valence-electron chi connectivity index (χ2n) is 7.74. The molecule has 1 saturated heterocycles. The zero-order valence-electron chi connectivity index (χ0n) is 16.1. The van der Waals surface area contributed by atoms with Crippen LogP contribution in [-0.4, -0.2) is 47.0 Å². The van der Waals surface area contributed by atoms with Crippen molar-refractivity contribution in [2.75, 3.05) is 19.6 Å². The topological polar surface area (TPSA) is 49.9 Å². The van der Waals surface area contributed by atoms with Crippen LogP contribution in [0.4, 0.5) is 4.79 Å². The molecule has 1 heterocycles. The van der Waals surface area contributed by atoms with Crippen molar-refractivity contribution >= 4 is 23.6 Å². The van der Waals surface area contributed by atoms with Gasteiger partial charge in [0, 0.05) is 31.2 Å². The molecule has 2 amide bonds. The molecule has 0 radical (unpaired) electrons. The van der Waals surface area contributed by atoms with Crippen LogP contribution in [0.15, 0.2) is 24.3 Å². The third kappa shape index (κ3) is 5.90. The van der Waals surface area contributed by atoms with Gasteiger partial charge < -0.3 is 14.5 Å². The Morgan fingerprint density at radius 3 is 2.50 bits per heavy atom. The van der Waals surface area contributed by atoms with E-state index in [2.05, 4.69) is 0 Å². The standard InChI is InChI=1S/C20H29ClN2O3/c1-5-22(13-15-8-10-17(21)11-9-15)18(24)16-7-6-12-23(14-16)19(25)26-20(2,3)4/h8-11,16H,5-7,12-14H2,1-4H3/t16-/m0/s1. The minimum Gasteiger partial charge on any atom is -0.444 e. The molecule has 0 bridgehead atoms. The fourth-order valence-electron chi connectivity index (χ4n) is 3.08. The Labute approximate surface area is 161 Å². The van der Waals surface area contributed by atoms with Crippen molar-refractivity contribution < 1.29 is 14.3 Å². The van der Waals surface area contributed by atoms with E-state index in [9.17, 15) is 9.59 Å². The lowest BCUT2D eigenvalue weighted by Gasteiger charge is -2.35. The van der Waals surface area contributed by atoms with E-state index in [-0.39, 0.29) is 17.9 Å². The minimum absolute atomic E-state index is 0.0932. The molecule has 0 unspecified atom stereocenters. The monoisotopic (exact) mass is 380 g/mol. The van der Waals surface area contributed by atoms with Crippen molar-refractivity contribution in [2.24, 2.45) is 5.92 Å². The molecule has 2 rings (SSSR count). The molecule has 0 aliphatic carbocycles. The number of carbonyl (C=O) groups excluding carboxylic acids is 2. The zero-order chi connectivity index (χ0) is 19.3. The summed E-state index contributed by atoms with van der Waals surface area (Å²) in [5.74, 6) is -0.0840. The number of nitrogens with zero attached hydrogens (tertiary/aromatic N) is 2. The lowest BCUT2D eigenvalue weighted by molar-refractivity contribution is -0.137. The number of hydrogen-bond donors (Lipinski definition) is 0. The summed E-state index contributed by atoms with van der Waals surface area (Å²) in [6.07, 6.45) is 1.28. The first-order valence-electron chi connectivity index (χ1n) is 9.20. The fraction of sp³-hybridized carbons (Fsp3) is 0.600. The summed E-state index contributed by atoms with van der Waals surface area (Å²) in [7, 11) is 0. The van der Waals surface area contributed by atoms with Crippen LogP contribution in [0.25, 0.3) is 0 Å². The highest BCUT2D eigenvalue weighted by molar-refractivity contribution is 6.30. The van der Waals surface area contributed by atoms with Gasteiger partial charge in [0.15, 0.2) is 0 Å². The van der Waals surface area contributed by atoms with Gasteiger partial charge in [-0.2, -0.15) is 0 Å². The molecule has 0 N–H and O–H groups in total. The summed E-state index contributed by atoms with van der Waals surface area (Å²) < 4.78 is 5.45. The Hall–Kier alpha value is -1.75. The highest BCUT2D eigenvalue weighted by Gasteiger charge is 2.32. The van der Waals surface area contributed by atoms with E-state index in [4.69, 9.17) is 16.3 Å². The summed E-state index contributed by atoms with van der Waals surface area (Å²) in [5, 5.41) is 0.684. The average Bonchev–Trinajstić information content (AvgIpc) is 2.59. The second-order valence-corrected chi connectivity index (χ2v) is 8.18. The molecule has 5 nitrogen and oxygen atoms in total. The number of hydrogen-bond acceptors (Lipinski definition) is 3. The van der Waals surface area contributed by atoms with Crippen LogP contribution >= 0.6 is 11.6 Å². The number of piperidine rings is 1. The van der Waals surface area contributed by atoms with Gasteiger partial charge in [-0.05, 0) is 58.2 Å². The van der Waals surface area contributed by atoms with Crippen LogP contribution in [-0.2, 0) is 16.1 Å². The number of amides is 2. The van der Waals surface area contributed by atoms with Crippen LogP contribution in [0.5, 0.6) is 0 Å². The molecule has 0 spiro atoms. The molecule has 1 atom stereocenters. The van der Waals surface area contributed by atoms with E-state index >= 15 is 0 Å². The number of benzene rings is 1. The third-order valence-corrected chi connectivity index (χ3v) is 4.65. The maximum absolute atomic E-state index is 13.0. The summed E-state index contributed by atoms with van der Waals surface area (Å²) in [6, 6.07) is 7.54. The highest BCUT2D eigenvalue weighted by Crippen LogP contribution is 2.22. The van der Waals surface area contributed by atoms with Gasteiger partial charge in [0.2, 0.25) is 5.91 Å². The molecule has 1 aliphatic rings. The maximum atomic E-state index is 13.0. The smallest absolute Gasteiger partial charge is 0.410 e. The molecule has 144 valence electrons. The van der Waals surface area contributed by atoms with Gasteiger partial charge in [-0.25, -0.2) is 4.79 Å². The SMILES string of the molecule is CCN(Cc1ccc(Cl)cc1)C(=O)[C@H]1CCCN(C(=O)OC(C)(C)C)C1. The molecule has 26 heavy (non-hydrogen) atoms. The molecule has 0 saturated carbocycles. The van der Waals surface area contributed by atoms with E-state index < -0.39 is 5.60 Å². The van der Waals surface area contributed by atoms with Gasteiger partial charge in [-0.3, -0.25) is 4.79 Å². The van der Waals surface area contributed by atoms with Gasteiger partial charge in [0.1, 0.15) is 5.60 Å². The molecular weight excluding hydrogens is 352 g/mol. The van der Waals surface area contributed by atoms with Crippen molar-refractivity contribution in [3.63, 3.8) is 0 Å². The van der Waals surface area contributed by atoms with Crippen LogP contribution in [0.2, 0.25) is 5.02 Å². The lowest BCUT2D eigenvalue weighted by Crippen LogP contribution is -2.47. The quantitative estimate of drug-likeness (QED) is 0.780. The Kier molecular flexibility index (Phi) is 6.93. The van der Waals surface area contributed by atoms with Crippen LogP contribution in [0, 0.1) is 5.92 Å². The average molecular weight is 381 g/mol. The minimum atomic E-state index is -0.530. The normalized spacial score (nSPS) is 17.7. The van der Waals surface area contributed by atoms with E-state index in [1.807, 2.05) is 56.9 Å². The Bertz CT molecular complexity index is 625. The van der Waals surface area contributed by atoms with Crippen molar-refractivity contribution in [2.45, 2.75) is 52.7 Å². The van der Waals surface area contributed by atoms with E-state index in [1.54, 1.807) is 4.90 Å². The zero-order valence-corrected chi connectivity index (χ0v) is 16.9. The highest BCUT2D eigenvalue weighted by atomic mass is 35.5. The first-order chi connectivity index (χ1) is 12.2. The molecule has 6 heteroatoms. The Morgan fingerprint density at radius 1 is 1.27 bits per heavy atom. The predicted molar refractivity (Wildman–Crippen MR) is 103 cm³/mol. The van der Waals surface area contributed by atoms with Gasteiger partial charge in [0.25, 0.3) is 0 Å². The number of carbonyl (C=O) groups is 2. The number of ether oxygens (including phenoxy) is 1. The molecule has 1 fully saturated rings. The van der Waals surface area contributed by atoms with Crippen molar-refractivity contribution in [3.8, 4) is 0 Å². The molecule has 1 aromatic carbocycles. The number of halogens is 1. The first kappa shape index (κ1) is 20.6. The van der Waals surface area contributed by atoms with Gasteiger partial charge >= 0.3 is 6.09 Å². The fourth-order valence-corrected chi connectivity index (χ4v) is 3.21. The van der Waals surface area contributed by atoms with Crippen molar-refractivity contribution in [3.05, 3.63) is 34.9 Å². The molecular formula is C20H29ClN2O3. The molecule has 0 aromatic heterocycles. The van der Waals surface area contributed by atoms with Gasteiger partial charge in [-0.15, -0.1) is 0 Å². The number of rotatable bonds is 4. The van der Waals surface area contributed by atoms with Gasteiger partial charge in [-0.1, -0.05) is 23.7 Å². The second kappa shape index (κ2) is 8.76. The summed E-state index contributed by atoms with van der Waals surface area (Å²) in [5.41, 5.74) is 0.516. The lowest BCUT2D eigenvalue weighted by atomic mass is 9.96. The largest absolute Gasteiger partial charge is 0.444 e. The van der Waals surface area contributed by atoms with E-state index in [0.29, 0.717) is 31.2 Å². The van der Waals surface area contributed by atoms with Gasteiger partial charge in [0.05, 0.1) is 5.92 Å². The Balaban J connectivity index is 1.99. The van der Waals surface area contributed by atoms with Crippen LogP contribution in [0.3, 0.4) is 0 Å². The van der Waals surface area contributed by atoms with Crippen molar-refractivity contribution in [1.29, 1.82) is 0 Å². The molecule has 1 aromatic rings. The van der Waals surface area contributed by atoms with E-state index in [1.165, 1.54) is 0 Å². The summed E-state index contributed by atoms with van der Waals surface area (Å²) in [4.78, 5) is 28.8. The van der Waals surface area contributed by atoms with Crippen LogP contribution < -0.4 is 0 Å².